The van der Waals surface area contributed by atoms with Gasteiger partial charge in [-0.3, -0.25) is 9.59 Å². The lowest BCUT2D eigenvalue weighted by Gasteiger charge is -2.22. The first-order valence-electron chi connectivity index (χ1n) is 35.4. The third-order valence-electron chi connectivity index (χ3n) is 16.8. The fraction of sp³-hybridized carbons (Fsp3) is 0.944. The summed E-state index contributed by atoms with van der Waals surface area (Å²) in [7, 11) is 0. The number of allylic oxidation sites excluding steroid dienone is 2. The van der Waals surface area contributed by atoms with Crippen LogP contribution in [0.4, 0.5) is 0 Å². The molecule has 0 saturated carbocycles. The lowest BCUT2D eigenvalue weighted by Crippen LogP contribution is -2.45. The van der Waals surface area contributed by atoms with E-state index in [1.807, 2.05) is 0 Å². The van der Waals surface area contributed by atoms with Crippen molar-refractivity contribution in [1.82, 2.24) is 5.32 Å². The molecule has 0 heterocycles. The summed E-state index contributed by atoms with van der Waals surface area (Å²) in [6.45, 7) is 5.00. The van der Waals surface area contributed by atoms with Gasteiger partial charge < -0.3 is 20.3 Å². The van der Waals surface area contributed by atoms with Crippen molar-refractivity contribution in [3.63, 3.8) is 0 Å². The zero-order valence-electron chi connectivity index (χ0n) is 52.5. The third-order valence-corrected chi connectivity index (χ3v) is 16.8. The molecule has 0 aliphatic carbocycles. The van der Waals surface area contributed by atoms with E-state index < -0.39 is 12.1 Å². The van der Waals surface area contributed by atoms with Crippen LogP contribution in [0.25, 0.3) is 0 Å². The molecular formula is C71H139NO5. The first-order valence-corrected chi connectivity index (χ1v) is 35.4. The fourth-order valence-corrected chi connectivity index (χ4v) is 11.4. The normalized spacial score (nSPS) is 12.5. The van der Waals surface area contributed by atoms with Crippen LogP contribution >= 0.6 is 0 Å². The maximum absolute atomic E-state index is 12.5. The zero-order valence-corrected chi connectivity index (χ0v) is 52.5. The van der Waals surface area contributed by atoms with Crippen LogP contribution in [0.2, 0.25) is 0 Å². The highest BCUT2D eigenvalue weighted by Crippen LogP contribution is 2.19. The molecule has 77 heavy (non-hydrogen) atoms. The number of aliphatic hydroxyl groups excluding tert-OH is 2. The summed E-state index contributed by atoms with van der Waals surface area (Å²) in [4.78, 5) is 24.6. The molecule has 0 aromatic carbocycles. The van der Waals surface area contributed by atoms with Gasteiger partial charge in [-0.25, -0.2) is 0 Å². The number of hydrogen-bond donors (Lipinski definition) is 3. The van der Waals surface area contributed by atoms with Crippen molar-refractivity contribution in [3.05, 3.63) is 12.2 Å². The Morgan fingerprint density at radius 3 is 0.922 bits per heavy atom. The molecule has 0 aliphatic rings. The SMILES string of the molecule is CCCCCCCCCCCCCCCCCCCCC(O)C(CO)NC(=O)CCCCCCCCCCCCCCC/C=C\CCCCCCCCCCCCCCOC(=O)CCCCCCCCCCCCCCC. The molecule has 6 heteroatoms. The monoisotopic (exact) mass is 1090 g/mol. The van der Waals surface area contributed by atoms with Crippen LogP contribution in [-0.4, -0.2) is 47.4 Å². The highest BCUT2D eigenvalue weighted by molar-refractivity contribution is 5.76. The van der Waals surface area contributed by atoms with Crippen LogP contribution in [0, 0.1) is 0 Å². The highest BCUT2D eigenvalue weighted by Gasteiger charge is 2.20. The largest absolute Gasteiger partial charge is 0.466 e. The van der Waals surface area contributed by atoms with Crippen molar-refractivity contribution in [2.75, 3.05) is 13.2 Å². The van der Waals surface area contributed by atoms with Crippen LogP contribution in [0.15, 0.2) is 12.2 Å². The van der Waals surface area contributed by atoms with Gasteiger partial charge in [-0.1, -0.05) is 353 Å². The number of carbonyl (C=O) groups excluding carboxylic acids is 2. The van der Waals surface area contributed by atoms with Gasteiger partial charge in [0.2, 0.25) is 5.91 Å². The number of hydrogen-bond acceptors (Lipinski definition) is 5. The van der Waals surface area contributed by atoms with Crippen LogP contribution in [0.5, 0.6) is 0 Å². The molecule has 0 saturated heterocycles. The molecule has 458 valence electrons. The second-order valence-corrected chi connectivity index (χ2v) is 24.6. The molecule has 0 rings (SSSR count). The molecule has 6 nitrogen and oxygen atoms in total. The molecule has 0 radical (unpaired) electrons. The fourth-order valence-electron chi connectivity index (χ4n) is 11.4. The van der Waals surface area contributed by atoms with E-state index in [2.05, 4.69) is 31.3 Å². The smallest absolute Gasteiger partial charge is 0.305 e. The lowest BCUT2D eigenvalue weighted by atomic mass is 10.0. The summed E-state index contributed by atoms with van der Waals surface area (Å²) in [6, 6.07) is -0.540. The topological polar surface area (TPSA) is 95.9 Å². The van der Waals surface area contributed by atoms with Gasteiger partial charge in [0, 0.05) is 12.8 Å². The third kappa shape index (κ3) is 63.6. The number of ether oxygens (including phenoxy) is 1. The molecule has 0 aromatic heterocycles. The second-order valence-electron chi connectivity index (χ2n) is 24.6. The number of esters is 1. The molecule has 0 aliphatic heterocycles. The molecule has 0 fully saturated rings. The van der Waals surface area contributed by atoms with E-state index in [-0.39, 0.29) is 18.5 Å². The standard InChI is InChI=1S/C71H139NO5/c1-3-5-7-9-11-13-15-17-18-19-33-36-40-43-47-51-55-59-63-69(74)68(67-73)72-70(75)64-60-56-52-48-44-41-37-34-31-29-27-25-23-21-20-22-24-26-28-30-32-35-38-42-46-50-54-58-62-66-77-71(76)65-61-57-53-49-45-39-16-14-12-10-8-6-4-2/h20,22,68-69,73-74H,3-19,21,23-67H2,1-2H3,(H,72,75)/b22-20-. The van der Waals surface area contributed by atoms with Gasteiger partial charge in [0.1, 0.15) is 0 Å². The van der Waals surface area contributed by atoms with Crippen molar-refractivity contribution in [3.8, 4) is 0 Å². The zero-order chi connectivity index (χ0) is 55.7. The van der Waals surface area contributed by atoms with Crippen LogP contribution in [0.3, 0.4) is 0 Å². The van der Waals surface area contributed by atoms with E-state index in [1.54, 1.807) is 0 Å². The van der Waals surface area contributed by atoms with E-state index in [0.29, 0.717) is 25.9 Å². The van der Waals surface area contributed by atoms with E-state index in [4.69, 9.17) is 4.74 Å². The van der Waals surface area contributed by atoms with Gasteiger partial charge >= 0.3 is 5.97 Å². The summed E-state index contributed by atoms with van der Waals surface area (Å²) >= 11 is 0. The predicted molar refractivity (Wildman–Crippen MR) is 338 cm³/mol. The molecule has 3 N–H and O–H groups in total. The van der Waals surface area contributed by atoms with Gasteiger partial charge in [0.15, 0.2) is 0 Å². The number of aliphatic hydroxyl groups is 2. The van der Waals surface area contributed by atoms with Crippen molar-refractivity contribution in [2.24, 2.45) is 0 Å². The minimum atomic E-state index is -0.663. The maximum Gasteiger partial charge on any atom is 0.305 e. The van der Waals surface area contributed by atoms with Crippen LogP contribution in [-0.2, 0) is 14.3 Å². The summed E-state index contributed by atoms with van der Waals surface area (Å²) in [5.74, 6) is -0.0109. The Balaban J connectivity index is 3.36. The minimum Gasteiger partial charge on any atom is -0.466 e. The van der Waals surface area contributed by atoms with E-state index in [9.17, 15) is 19.8 Å². The number of carbonyl (C=O) groups is 2. The molecule has 0 aromatic rings. The Labute approximate surface area is 482 Å². The van der Waals surface area contributed by atoms with E-state index >= 15 is 0 Å². The molecule has 2 atom stereocenters. The average Bonchev–Trinajstić information content (AvgIpc) is 3.43. The van der Waals surface area contributed by atoms with E-state index in [0.717, 1.165) is 38.5 Å². The Bertz CT molecular complexity index is 1160. The van der Waals surface area contributed by atoms with E-state index in [1.165, 1.54) is 334 Å². The van der Waals surface area contributed by atoms with Gasteiger partial charge in [0.05, 0.1) is 25.4 Å². The molecule has 2 unspecified atom stereocenters. The van der Waals surface area contributed by atoms with Gasteiger partial charge in [-0.15, -0.1) is 0 Å². The first-order chi connectivity index (χ1) is 38.0. The van der Waals surface area contributed by atoms with Crippen molar-refractivity contribution in [2.45, 2.75) is 418 Å². The number of amides is 1. The minimum absolute atomic E-state index is 0.0190. The average molecular weight is 1090 g/mol. The first kappa shape index (κ1) is 75.6. The Morgan fingerprint density at radius 1 is 0.351 bits per heavy atom. The maximum atomic E-state index is 12.5. The molecule has 1 amide bonds. The molecule has 0 spiro atoms. The summed E-state index contributed by atoms with van der Waals surface area (Å²) in [6.07, 6.45) is 82.6. The molecular weight excluding hydrogens is 947 g/mol. The number of unbranched alkanes of at least 4 members (excludes halogenated alkanes) is 54. The predicted octanol–water partition coefficient (Wildman–Crippen LogP) is 22.8. The summed E-state index contributed by atoms with van der Waals surface area (Å²) < 4.78 is 5.49. The highest BCUT2D eigenvalue weighted by atomic mass is 16.5. The van der Waals surface area contributed by atoms with Crippen LogP contribution < -0.4 is 5.32 Å². The Kier molecular flexibility index (Phi) is 65.9. The van der Waals surface area contributed by atoms with Gasteiger partial charge in [0.25, 0.3) is 0 Å². The summed E-state index contributed by atoms with van der Waals surface area (Å²) in [5.41, 5.74) is 0. The van der Waals surface area contributed by atoms with Crippen molar-refractivity contribution < 1.29 is 24.5 Å². The summed E-state index contributed by atoms with van der Waals surface area (Å²) in [5, 5.41) is 23.4. The lowest BCUT2D eigenvalue weighted by molar-refractivity contribution is -0.143. The van der Waals surface area contributed by atoms with Crippen molar-refractivity contribution in [1.29, 1.82) is 0 Å². The second kappa shape index (κ2) is 67.1. The van der Waals surface area contributed by atoms with Crippen LogP contribution in [0.1, 0.15) is 406 Å². The Hall–Kier alpha value is -1.40. The molecule has 0 bridgehead atoms. The Morgan fingerprint density at radius 2 is 0.610 bits per heavy atom. The number of rotatable bonds is 67. The number of nitrogens with one attached hydrogen (secondary N) is 1. The van der Waals surface area contributed by atoms with Gasteiger partial charge in [-0.2, -0.15) is 0 Å². The quantitative estimate of drug-likeness (QED) is 0.0320. The van der Waals surface area contributed by atoms with Crippen molar-refractivity contribution >= 4 is 11.9 Å². The van der Waals surface area contributed by atoms with Gasteiger partial charge in [-0.05, 0) is 51.4 Å².